The predicted octanol–water partition coefficient (Wildman–Crippen LogP) is 3.85. The van der Waals surface area contributed by atoms with Crippen molar-refractivity contribution in [1.82, 2.24) is 5.32 Å². The van der Waals surface area contributed by atoms with E-state index in [9.17, 15) is 4.39 Å². The summed E-state index contributed by atoms with van der Waals surface area (Å²) in [5.74, 6) is -0.353. The minimum Gasteiger partial charge on any atom is -0.316 e. The Morgan fingerprint density at radius 1 is 1.05 bits per heavy atom. The minimum atomic E-state index is -0.353. The Morgan fingerprint density at radius 2 is 1.74 bits per heavy atom. The molecule has 1 N–H and O–H groups in total. The Kier molecular flexibility index (Phi) is 4.94. The number of rotatable bonds is 5. The number of halogens is 2. The van der Waals surface area contributed by atoms with Gasteiger partial charge in [-0.3, -0.25) is 0 Å². The highest BCUT2D eigenvalue weighted by atomic mass is 35.5. The van der Waals surface area contributed by atoms with Crippen molar-refractivity contribution in [2.45, 2.75) is 18.9 Å². The van der Waals surface area contributed by atoms with E-state index in [1.165, 1.54) is 11.6 Å². The number of benzene rings is 2. The van der Waals surface area contributed by atoms with Crippen molar-refractivity contribution < 1.29 is 4.39 Å². The van der Waals surface area contributed by atoms with Crippen LogP contribution in [0.15, 0.2) is 48.5 Å². The van der Waals surface area contributed by atoms with Gasteiger partial charge in [0.25, 0.3) is 0 Å². The van der Waals surface area contributed by atoms with Gasteiger partial charge in [0, 0.05) is 6.04 Å². The van der Waals surface area contributed by atoms with Crippen LogP contribution in [0, 0.1) is 5.82 Å². The number of hydrogen-bond acceptors (Lipinski definition) is 1. The zero-order chi connectivity index (χ0) is 13.7. The molecule has 0 spiro atoms. The fourth-order valence-corrected chi connectivity index (χ4v) is 2.24. The molecule has 0 heterocycles. The predicted molar refractivity (Wildman–Crippen MR) is 78.1 cm³/mol. The molecule has 3 heteroatoms. The van der Waals surface area contributed by atoms with Crippen LogP contribution >= 0.6 is 11.6 Å². The van der Waals surface area contributed by atoms with E-state index in [1.807, 2.05) is 31.3 Å². The van der Waals surface area contributed by atoms with Crippen LogP contribution in [0.1, 0.15) is 11.1 Å². The van der Waals surface area contributed by atoms with Gasteiger partial charge in [0.2, 0.25) is 0 Å². The molecule has 2 rings (SSSR count). The summed E-state index contributed by atoms with van der Waals surface area (Å²) in [6.45, 7) is 0. The zero-order valence-corrected chi connectivity index (χ0v) is 11.6. The largest absolute Gasteiger partial charge is 0.316 e. The Labute approximate surface area is 118 Å². The molecule has 1 atom stereocenters. The Morgan fingerprint density at radius 3 is 2.37 bits per heavy atom. The number of nitrogens with one attached hydrogen (secondary N) is 1. The average molecular weight is 278 g/mol. The van der Waals surface area contributed by atoms with Crippen LogP contribution in [0.2, 0.25) is 5.02 Å². The van der Waals surface area contributed by atoms with Crippen molar-refractivity contribution in [3.8, 4) is 0 Å². The van der Waals surface area contributed by atoms with Gasteiger partial charge < -0.3 is 5.32 Å². The van der Waals surface area contributed by atoms with Gasteiger partial charge in [-0.05, 0) is 43.1 Å². The smallest absolute Gasteiger partial charge is 0.142 e. The van der Waals surface area contributed by atoms with Gasteiger partial charge in [-0.15, -0.1) is 0 Å². The van der Waals surface area contributed by atoms with Gasteiger partial charge in [-0.2, -0.15) is 0 Å². The summed E-state index contributed by atoms with van der Waals surface area (Å²) in [6, 6.07) is 15.6. The van der Waals surface area contributed by atoms with Crippen molar-refractivity contribution in [3.63, 3.8) is 0 Å². The normalized spacial score (nSPS) is 12.4. The lowest BCUT2D eigenvalue weighted by molar-refractivity contribution is 0.553. The topological polar surface area (TPSA) is 12.0 Å². The highest BCUT2D eigenvalue weighted by Gasteiger charge is 2.10. The van der Waals surface area contributed by atoms with E-state index in [4.69, 9.17) is 11.6 Å². The van der Waals surface area contributed by atoms with Gasteiger partial charge in [-0.25, -0.2) is 4.39 Å². The van der Waals surface area contributed by atoms with Crippen molar-refractivity contribution >= 4 is 11.6 Å². The molecule has 0 aliphatic rings. The molecule has 0 bridgehead atoms. The van der Waals surface area contributed by atoms with E-state index in [0.29, 0.717) is 0 Å². The first kappa shape index (κ1) is 14.0. The molecule has 1 nitrogen and oxygen atoms in total. The van der Waals surface area contributed by atoms with Crippen molar-refractivity contribution in [1.29, 1.82) is 0 Å². The van der Waals surface area contributed by atoms with Crippen molar-refractivity contribution in [3.05, 3.63) is 70.5 Å². The molecular formula is C16H17ClFN. The summed E-state index contributed by atoms with van der Waals surface area (Å²) in [6.07, 6.45) is 1.70. The molecule has 0 saturated carbocycles. The van der Waals surface area contributed by atoms with Crippen LogP contribution in [-0.2, 0) is 12.8 Å². The SMILES string of the molecule is CNC(Cc1ccccc1)Cc1ccc(Cl)c(F)c1. The first-order valence-electron chi connectivity index (χ1n) is 6.34. The van der Waals surface area contributed by atoms with Crippen LogP contribution < -0.4 is 5.32 Å². The fourth-order valence-electron chi connectivity index (χ4n) is 2.13. The van der Waals surface area contributed by atoms with Gasteiger partial charge in [0.15, 0.2) is 0 Å². The molecule has 2 aromatic rings. The van der Waals surface area contributed by atoms with Crippen molar-refractivity contribution in [2.75, 3.05) is 7.05 Å². The molecule has 0 aromatic heterocycles. The summed E-state index contributed by atoms with van der Waals surface area (Å²) >= 11 is 5.69. The van der Waals surface area contributed by atoms with Crippen LogP contribution in [-0.4, -0.2) is 13.1 Å². The molecule has 1 unspecified atom stereocenters. The summed E-state index contributed by atoms with van der Waals surface area (Å²) < 4.78 is 13.4. The van der Waals surface area contributed by atoms with Crippen LogP contribution in [0.3, 0.4) is 0 Å². The average Bonchev–Trinajstić information content (AvgIpc) is 2.43. The van der Waals surface area contributed by atoms with E-state index >= 15 is 0 Å². The fraction of sp³-hybridized carbons (Fsp3) is 0.250. The summed E-state index contributed by atoms with van der Waals surface area (Å²) in [5, 5.41) is 3.45. The summed E-state index contributed by atoms with van der Waals surface area (Å²) in [7, 11) is 1.93. The Bertz CT molecular complexity index is 528. The lowest BCUT2D eigenvalue weighted by atomic mass is 9.99. The molecular weight excluding hydrogens is 261 g/mol. The maximum Gasteiger partial charge on any atom is 0.142 e. The monoisotopic (exact) mass is 277 g/mol. The van der Waals surface area contributed by atoms with Gasteiger partial charge >= 0.3 is 0 Å². The van der Waals surface area contributed by atoms with Crippen LogP contribution in [0.25, 0.3) is 0 Å². The Balaban J connectivity index is 2.04. The second-order valence-electron chi connectivity index (χ2n) is 4.63. The van der Waals surface area contributed by atoms with Crippen molar-refractivity contribution in [2.24, 2.45) is 0 Å². The molecule has 0 amide bonds. The van der Waals surface area contributed by atoms with E-state index in [-0.39, 0.29) is 16.9 Å². The molecule has 0 fully saturated rings. The lowest BCUT2D eigenvalue weighted by Gasteiger charge is -2.16. The van der Waals surface area contributed by atoms with E-state index in [0.717, 1.165) is 18.4 Å². The first-order valence-corrected chi connectivity index (χ1v) is 6.72. The molecule has 2 aromatic carbocycles. The molecule has 0 saturated heterocycles. The second kappa shape index (κ2) is 6.69. The van der Waals surface area contributed by atoms with E-state index < -0.39 is 0 Å². The third-order valence-corrected chi connectivity index (χ3v) is 3.51. The molecule has 19 heavy (non-hydrogen) atoms. The summed E-state index contributed by atoms with van der Waals surface area (Å²) in [5.41, 5.74) is 2.23. The second-order valence-corrected chi connectivity index (χ2v) is 5.04. The molecule has 0 aliphatic heterocycles. The van der Waals surface area contributed by atoms with E-state index in [2.05, 4.69) is 17.4 Å². The minimum absolute atomic E-state index is 0.174. The van der Waals surface area contributed by atoms with Gasteiger partial charge in [0.05, 0.1) is 5.02 Å². The third kappa shape index (κ3) is 4.05. The highest BCUT2D eigenvalue weighted by Crippen LogP contribution is 2.17. The zero-order valence-electron chi connectivity index (χ0n) is 10.9. The quantitative estimate of drug-likeness (QED) is 0.875. The van der Waals surface area contributed by atoms with Gasteiger partial charge in [0.1, 0.15) is 5.82 Å². The van der Waals surface area contributed by atoms with E-state index in [1.54, 1.807) is 6.07 Å². The maximum absolute atomic E-state index is 13.4. The number of likely N-dealkylation sites (N-methyl/N-ethyl adjacent to an activating group) is 1. The molecule has 0 aliphatic carbocycles. The maximum atomic E-state index is 13.4. The first-order chi connectivity index (χ1) is 9.19. The van der Waals surface area contributed by atoms with Crippen LogP contribution in [0.5, 0.6) is 0 Å². The molecule has 0 radical (unpaired) electrons. The number of hydrogen-bond donors (Lipinski definition) is 1. The highest BCUT2D eigenvalue weighted by molar-refractivity contribution is 6.30. The van der Waals surface area contributed by atoms with Crippen LogP contribution in [0.4, 0.5) is 4.39 Å². The van der Waals surface area contributed by atoms with Gasteiger partial charge in [-0.1, -0.05) is 48.0 Å². The third-order valence-electron chi connectivity index (χ3n) is 3.20. The standard InChI is InChI=1S/C16H17ClFN/c1-19-14(9-12-5-3-2-4-6-12)10-13-7-8-15(17)16(18)11-13/h2-8,11,14,19H,9-10H2,1H3. The summed E-state index contributed by atoms with van der Waals surface area (Å²) in [4.78, 5) is 0. The lowest BCUT2D eigenvalue weighted by Crippen LogP contribution is -2.29. The Hall–Kier alpha value is -1.38. The molecule has 100 valence electrons.